The third-order valence-corrected chi connectivity index (χ3v) is 4.73. The number of fused-ring (bicyclic) bond motifs is 1. The Bertz CT molecular complexity index is 985. The number of amides is 1. The lowest BCUT2D eigenvalue weighted by atomic mass is 10.1. The van der Waals surface area contributed by atoms with Crippen molar-refractivity contribution >= 4 is 5.91 Å². The number of hydrogen-bond donors (Lipinski definition) is 1. The fourth-order valence-electron chi connectivity index (χ4n) is 3.26. The summed E-state index contributed by atoms with van der Waals surface area (Å²) in [5.74, 6) is 0.682. The molecule has 144 valence electrons. The highest BCUT2D eigenvalue weighted by molar-refractivity contribution is 5.77. The van der Waals surface area contributed by atoms with Crippen LogP contribution in [-0.4, -0.2) is 22.7 Å². The molecule has 1 atom stereocenters. The summed E-state index contributed by atoms with van der Waals surface area (Å²) in [6.45, 7) is 1.65. The number of nitrogens with one attached hydrogen (secondary N) is 1. The Kier molecular flexibility index (Phi) is 5.06. The molecule has 0 aliphatic heterocycles. The number of rotatable bonds is 6. The molecule has 7 heteroatoms. The molecule has 1 amide bonds. The number of aryl methyl sites for hydroxylation is 2. The first-order chi connectivity index (χ1) is 13.6. The molecular formula is C21H20FN3O3. The number of carbonyl (C=O) groups excluding carboxylic acids is 1. The summed E-state index contributed by atoms with van der Waals surface area (Å²) in [5, 5.41) is 6.65. The summed E-state index contributed by atoms with van der Waals surface area (Å²) in [6.07, 6.45) is 3.34. The van der Waals surface area contributed by atoms with Crippen LogP contribution in [0.3, 0.4) is 0 Å². The van der Waals surface area contributed by atoms with E-state index in [1.807, 2.05) is 12.1 Å². The summed E-state index contributed by atoms with van der Waals surface area (Å²) < 4.78 is 23.8. The zero-order chi connectivity index (χ0) is 19.5. The third kappa shape index (κ3) is 4.03. The second-order valence-corrected chi connectivity index (χ2v) is 6.83. The van der Waals surface area contributed by atoms with Crippen molar-refractivity contribution in [1.29, 1.82) is 0 Å². The second-order valence-electron chi connectivity index (χ2n) is 6.83. The number of hydrogen-bond acceptors (Lipinski definition) is 5. The number of halogens is 1. The highest BCUT2D eigenvalue weighted by Gasteiger charge is 2.18. The number of benzene rings is 2. The van der Waals surface area contributed by atoms with E-state index in [0.717, 1.165) is 12.8 Å². The van der Waals surface area contributed by atoms with E-state index < -0.39 is 6.04 Å². The van der Waals surface area contributed by atoms with Gasteiger partial charge in [-0.2, -0.15) is 4.98 Å². The van der Waals surface area contributed by atoms with Crippen molar-refractivity contribution in [2.24, 2.45) is 0 Å². The van der Waals surface area contributed by atoms with Crippen molar-refractivity contribution < 1.29 is 18.4 Å². The number of nitrogens with zero attached hydrogens (tertiary/aromatic N) is 2. The summed E-state index contributed by atoms with van der Waals surface area (Å²) in [6, 6.07) is 11.3. The summed E-state index contributed by atoms with van der Waals surface area (Å²) in [4.78, 5) is 16.4. The van der Waals surface area contributed by atoms with Gasteiger partial charge in [0.25, 0.3) is 5.91 Å². The number of ether oxygens (including phenoxy) is 1. The van der Waals surface area contributed by atoms with Crippen molar-refractivity contribution in [2.75, 3.05) is 6.61 Å². The Morgan fingerprint density at radius 3 is 2.82 bits per heavy atom. The quantitative estimate of drug-likeness (QED) is 0.706. The minimum atomic E-state index is -0.474. The number of aromatic nitrogens is 2. The molecule has 1 heterocycles. The largest absolute Gasteiger partial charge is 0.484 e. The Labute approximate surface area is 161 Å². The smallest absolute Gasteiger partial charge is 0.258 e. The molecule has 0 saturated carbocycles. The Morgan fingerprint density at radius 2 is 2.00 bits per heavy atom. The minimum absolute atomic E-state index is 0.0952. The minimum Gasteiger partial charge on any atom is -0.484 e. The third-order valence-electron chi connectivity index (χ3n) is 4.73. The van der Waals surface area contributed by atoms with E-state index >= 15 is 0 Å². The van der Waals surface area contributed by atoms with Crippen LogP contribution in [0.15, 0.2) is 47.0 Å². The average molecular weight is 381 g/mol. The molecule has 1 aliphatic carbocycles. The van der Waals surface area contributed by atoms with Gasteiger partial charge in [-0.15, -0.1) is 0 Å². The van der Waals surface area contributed by atoms with Crippen LogP contribution in [0, 0.1) is 5.82 Å². The average Bonchev–Trinajstić information content (AvgIpc) is 3.36. The van der Waals surface area contributed by atoms with E-state index in [2.05, 4.69) is 21.5 Å². The molecule has 1 unspecified atom stereocenters. The van der Waals surface area contributed by atoms with Gasteiger partial charge < -0.3 is 14.6 Å². The SMILES string of the molecule is CC(NC(=O)COc1ccc2c(c1)CCC2)c1nc(-c2ccc(F)cc2)no1. The van der Waals surface area contributed by atoms with E-state index in [9.17, 15) is 9.18 Å². The topological polar surface area (TPSA) is 77.2 Å². The summed E-state index contributed by atoms with van der Waals surface area (Å²) >= 11 is 0. The van der Waals surface area contributed by atoms with E-state index in [1.165, 1.54) is 29.7 Å². The van der Waals surface area contributed by atoms with Gasteiger partial charge in [0.2, 0.25) is 11.7 Å². The Balaban J connectivity index is 1.32. The second kappa shape index (κ2) is 7.80. The highest BCUT2D eigenvalue weighted by Crippen LogP contribution is 2.26. The zero-order valence-electron chi connectivity index (χ0n) is 15.4. The van der Waals surface area contributed by atoms with Crippen LogP contribution in [0.4, 0.5) is 4.39 Å². The van der Waals surface area contributed by atoms with E-state index in [4.69, 9.17) is 9.26 Å². The monoisotopic (exact) mass is 381 g/mol. The molecule has 6 nitrogen and oxygen atoms in total. The van der Waals surface area contributed by atoms with Gasteiger partial charge in [0.1, 0.15) is 17.6 Å². The maximum Gasteiger partial charge on any atom is 0.258 e. The van der Waals surface area contributed by atoms with Crippen LogP contribution in [0.25, 0.3) is 11.4 Å². The van der Waals surface area contributed by atoms with Crippen molar-refractivity contribution in [1.82, 2.24) is 15.5 Å². The molecule has 0 bridgehead atoms. The standard InChI is InChI=1S/C21H20FN3O3/c1-13(21-24-20(25-28-21)15-5-8-17(22)9-6-15)23-19(26)12-27-18-10-7-14-3-2-4-16(14)11-18/h5-11,13H,2-4,12H2,1H3,(H,23,26). The van der Waals surface area contributed by atoms with E-state index in [-0.39, 0.29) is 24.2 Å². The first-order valence-corrected chi connectivity index (χ1v) is 9.22. The molecule has 1 aromatic heterocycles. The maximum atomic E-state index is 13.0. The first kappa shape index (κ1) is 18.2. The lowest BCUT2D eigenvalue weighted by Gasteiger charge is -2.11. The molecule has 0 saturated heterocycles. The summed E-state index contributed by atoms with van der Waals surface area (Å²) in [5.41, 5.74) is 3.29. The van der Waals surface area contributed by atoms with Gasteiger partial charge in [-0.3, -0.25) is 4.79 Å². The Hall–Kier alpha value is -3.22. The molecule has 28 heavy (non-hydrogen) atoms. The van der Waals surface area contributed by atoms with Crippen molar-refractivity contribution in [3.05, 3.63) is 65.3 Å². The van der Waals surface area contributed by atoms with E-state index in [1.54, 1.807) is 19.1 Å². The molecule has 1 N–H and O–H groups in total. The molecule has 0 spiro atoms. The molecule has 2 aromatic carbocycles. The molecule has 0 radical (unpaired) electrons. The van der Waals surface area contributed by atoms with Crippen LogP contribution in [0.5, 0.6) is 5.75 Å². The first-order valence-electron chi connectivity index (χ1n) is 9.22. The van der Waals surface area contributed by atoms with Gasteiger partial charge in [0, 0.05) is 5.56 Å². The molecule has 3 aromatic rings. The molecule has 0 fully saturated rings. The highest BCUT2D eigenvalue weighted by atomic mass is 19.1. The van der Waals surface area contributed by atoms with Gasteiger partial charge in [-0.1, -0.05) is 11.2 Å². The number of carbonyl (C=O) groups is 1. The summed E-state index contributed by atoms with van der Waals surface area (Å²) in [7, 11) is 0. The molecular weight excluding hydrogens is 361 g/mol. The van der Waals surface area contributed by atoms with Crippen LogP contribution in [0.2, 0.25) is 0 Å². The van der Waals surface area contributed by atoms with Crippen LogP contribution in [-0.2, 0) is 17.6 Å². The molecule has 1 aliphatic rings. The predicted octanol–water partition coefficient (Wildman–Crippen LogP) is 3.62. The van der Waals surface area contributed by atoms with Gasteiger partial charge in [0.05, 0.1) is 0 Å². The van der Waals surface area contributed by atoms with Crippen molar-refractivity contribution in [3.63, 3.8) is 0 Å². The lowest BCUT2D eigenvalue weighted by molar-refractivity contribution is -0.123. The van der Waals surface area contributed by atoms with Gasteiger partial charge in [0.15, 0.2) is 6.61 Å². The van der Waals surface area contributed by atoms with Gasteiger partial charge >= 0.3 is 0 Å². The van der Waals surface area contributed by atoms with Crippen molar-refractivity contribution in [3.8, 4) is 17.1 Å². The van der Waals surface area contributed by atoms with Crippen LogP contribution >= 0.6 is 0 Å². The van der Waals surface area contributed by atoms with Gasteiger partial charge in [-0.25, -0.2) is 4.39 Å². The van der Waals surface area contributed by atoms with Crippen molar-refractivity contribution in [2.45, 2.75) is 32.2 Å². The zero-order valence-corrected chi connectivity index (χ0v) is 15.4. The van der Waals surface area contributed by atoms with Crippen LogP contribution in [0.1, 0.15) is 36.4 Å². The van der Waals surface area contributed by atoms with Crippen LogP contribution < -0.4 is 10.1 Å². The predicted molar refractivity (Wildman–Crippen MR) is 100 cm³/mol. The Morgan fingerprint density at radius 1 is 1.21 bits per heavy atom. The van der Waals surface area contributed by atoms with E-state index in [0.29, 0.717) is 17.1 Å². The maximum absolute atomic E-state index is 13.0. The lowest BCUT2D eigenvalue weighted by Crippen LogP contribution is -2.31. The van der Waals surface area contributed by atoms with Gasteiger partial charge in [-0.05, 0) is 73.7 Å². The fourth-order valence-corrected chi connectivity index (χ4v) is 3.26. The normalized spacial score (nSPS) is 13.8. The fraction of sp³-hybridized carbons (Fsp3) is 0.286. The molecule has 4 rings (SSSR count).